The molecule has 1 atom stereocenters. The average Bonchev–Trinajstić information content (AvgIpc) is 3.06. The van der Waals surface area contributed by atoms with Crippen molar-refractivity contribution in [3.05, 3.63) is 106 Å². The number of thioether (sulfide) groups is 1. The highest BCUT2D eigenvalue weighted by atomic mass is 32.2. The molecule has 170 valence electrons. The van der Waals surface area contributed by atoms with E-state index in [0.29, 0.717) is 5.56 Å². The largest absolute Gasteiger partial charge is 0.502 e. The van der Waals surface area contributed by atoms with Crippen LogP contribution in [0.3, 0.4) is 0 Å². The maximum absolute atomic E-state index is 13.7. The van der Waals surface area contributed by atoms with Gasteiger partial charge in [-0.3, -0.25) is 4.79 Å². The lowest BCUT2D eigenvalue weighted by molar-refractivity contribution is -0.130. The van der Waals surface area contributed by atoms with Crippen LogP contribution in [0.4, 0.5) is 0 Å². The number of nitrogens with zero attached hydrogens (tertiary/aromatic N) is 1. The lowest BCUT2D eigenvalue weighted by Crippen LogP contribution is -2.30. The van der Waals surface area contributed by atoms with E-state index in [9.17, 15) is 18.3 Å². The van der Waals surface area contributed by atoms with Crippen molar-refractivity contribution in [3.63, 3.8) is 0 Å². The fourth-order valence-corrected chi connectivity index (χ4v) is 5.97. The average molecular weight is 480 g/mol. The van der Waals surface area contributed by atoms with Gasteiger partial charge in [0.2, 0.25) is 9.84 Å². The van der Waals surface area contributed by atoms with Crippen LogP contribution in [-0.2, 0) is 21.2 Å². The summed E-state index contributed by atoms with van der Waals surface area (Å²) in [5.41, 5.74) is 3.48. The number of benzene rings is 3. The summed E-state index contributed by atoms with van der Waals surface area (Å²) in [4.78, 5) is 15.4. The summed E-state index contributed by atoms with van der Waals surface area (Å²) in [5.74, 6) is -1.41. The Morgan fingerprint density at radius 2 is 1.42 bits per heavy atom. The van der Waals surface area contributed by atoms with Gasteiger partial charge in [0.05, 0.1) is 10.9 Å². The topological polar surface area (TPSA) is 74.7 Å². The van der Waals surface area contributed by atoms with Crippen LogP contribution in [-0.4, -0.2) is 30.6 Å². The third-order valence-electron chi connectivity index (χ3n) is 5.78. The molecule has 1 aliphatic rings. The molecule has 4 rings (SSSR count). The molecule has 3 aromatic carbocycles. The molecular weight excluding hydrogens is 454 g/mol. The molecular formula is C26H25NO4S2. The van der Waals surface area contributed by atoms with Gasteiger partial charge < -0.3 is 10.0 Å². The zero-order valence-corrected chi connectivity index (χ0v) is 20.3. The molecule has 0 radical (unpaired) electrons. The quantitative estimate of drug-likeness (QED) is 0.482. The third-order valence-corrected chi connectivity index (χ3v) is 8.41. The van der Waals surface area contributed by atoms with Crippen molar-refractivity contribution in [2.24, 2.45) is 0 Å². The highest BCUT2D eigenvalue weighted by Crippen LogP contribution is 2.43. The Bertz CT molecular complexity index is 1310. The molecule has 0 bridgehead atoms. The van der Waals surface area contributed by atoms with Crippen LogP contribution in [0, 0.1) is 13.8 Å². The van der Waals surface area contributed by atoms with Crippen molar-refractivity contribution < 1.29 is 18.3 Å². The molecule has 0 spiro atoms. The molecule has 7 heteroatoms. The number of amides is 1. The van der Waals surface area contributed by atoms with Crippen LogP contribution in [0.15, 0.2) is 93.3 Å². The highest BCUT2D eigenvalue weighted by molar-refractivity contribution is 7.98. The number of hydrogen-bond donors (Lipinski definition) is 1. The second kappa shape index (κ2) is 9.08. The van der Waals surface area contributed by atoms with E-state index in [0.717, 1.165) is 21.6 Å². The van der Waals surface area contributed by atoms with Crippen molar-refractivity contribution in [1.29, 1.82) is 0 Å². The minimum Gasteiger partial charge on any atom is -0.502 e. The Morgan fingerprint density at radius 3 is 1.97 bits per heavy atom. The van der Waals surface area contributed by atoms with E-state index in [4.69, 9.17) is 0 Å². The molecule has 1 heterocycles. The van der Waals surface area contributed by atoms with Gasteiger partial charge in [-0.1, -0.05) is 59.7 Å². The van der Waals surface area contributed by atoms with Crippen molar-refractivity contribution in [2.45, 2.75) is 36.2 Å². The van der Waals surface area contributed by atoms with Gasteiger partial charge >= 0.3 is 0 Å². The Balaban J connectivity index is 1.84. The van der Waals surface area contributed by atoms with Gasteiger partial charge in [0.25, 0.3) is 5.91 Å². The first-order valence-electron chi connectivity index (χ1n) is 10.5. The van der Waals surface area contributed by atoms with Crippen LogP contribution < -0.4 is 0 Å². The molecule has 0 fully saturated rings. The van der Waals surface area contributed by atoms with Crippen molar-refractivity contribution >= 4 is 27.5 Å². The van der Waals surface area contributed by atoms with Gasteiger partial charge in [-0.25, -0.2) is 8.42 Å². The molecule has 0 unspecified atom stereocenters. The number of aliphatic hydroxyl groups is 1. The van der Waals surface area contributed by atoms with E-state index in [-0.39, 0.29) is 16.3 Å². The standard InChI is InChI=1S/C26H25NO4S2/c1-17-4-8-19(9-5-17)16-27-23(20-10-12-21(32-3)13-11-20)25(24(28)26(27)29)33(30,31)22-14-6-18(2)7-15-22/h4-15,23,28H,16H2,1-3H3/t23-/m0/s1. The number of sulfone groups is 1. The minimum absolute atomic E-state index is 0.0466. The zero-order valence-electron chi connectivity index (χ0n) is 18.6. The lowest BCUT2D eigenvalue weighted by atomic mass is 10.1. The smallest absolute Gasteiger partial charge is 0.290 e. The van der Waals surface area contributed by atoms with Gasteiger partial charge in [-0.05, 0) is 55.5 Å². The van der Waals surface area contributed by atoms with Crippen LogP contribution >= 0.6 is 11.8 Å². The van der Waals surface area contributed by atoms with Gasteiger partial charge in [-0.15, -0.1) is 11.8 Å². The molecule has 5 nitrogen and oxygen atoms in total. The number of carbonyl (C=O) groups excluding carboxylic acids is 1. The van der Waals surface area contributed by atoms with E-state index in [1.54, 1.807) is 23.9 Å². The van der Waals surface area contributed by atoms with E-state index in [2.05, 4.69) is 0 Å². The number of hydrogen-bond acceptors (Lipinski definition) is 5. The van der Waals surface area contributed by atoms with Crippen LogP contribution in [0.2, 0.25) is 0 Å². The second-order valence-corrected chi connectivity index (χ2v) is 10.9. The fourth-order valence-electron chi connectivity index (χ4n) is 3.92. The molecule has 0 aromatic heterocycles. The molecule has 1 N–H and O–H groups in total. The molecule has 1 amide bonds. The molecule has 1 aliphatic heterocycles. The molecule has 0 aliphatic carbocycles. The van der Waals surface area contributed by atoms with Gasteiger partial charge in [-0.2, -0.15) is 0 Å². The second-order valence-electron chi connectivity index (χ2n) is 8.12. The number of aryl methyl sites for hydroxylation is 2. The maximum Gasteiger partial charge on any atom is 0.290 e. The Hall–Kier alpha value is -3.03. The van der Waals surface area contributed by atoms with Crippen LogP contribution in [0.5, 0.6) is 0 Å². The van der Waals surface area contributed by atoms with Gasteiger partial charge in [0.1, 0.15) is 4.91 Å². The summed E-state index contributed by atoms with van der Waals surface area (Å²) >= 11 is 1.57. The monoisotopic (exact) mass is 479 g/mol. The minimum atomic E-state index is -4.12. The van der Waals surface area contributed by atoms with E-state index < -0.39 is 27.5 Å². The lowest BCUT2D eigenvalue weighted by Gasteiger charge is -2.27. The van der Waals surface area contributed by atoms with Gasteiger partial charge in [0, 0.05) is 11.4 Å². The molecule has 3 aromatic rings. The summed E-state index contributed by atoms with van der Waals surface area (Å²) in [5, 5.41) is 10.8. The van der Waals surface area contributed by atoms with E-state index >= 15 is 0 Å². The van der Waals surface area contributed by atoms with E-state index in [1.807, 2.05) is 68.6 Å². The predicted octanol–water partition coefficient (Wildman–Crippen LogP) is 5.35. The summed E-state index contributed by atoms with van der Waals surface area (Å²) in [6.45, 7) is 4.01. The fraction of sp³-hybridized carbons (Fsp3) is 0.192. The summed E-state index contributed by atoms with van der Waals surface area (Å²) < 4.78 is 27.3. The van der Waals surface area contributed by atoms with Crippen molar-refractivity contribution in [2.75, 3.05) is 6.26 Å². The first kappa shape index (κ1) is 23.1. The normalized spacial score (nSPS) is 16.5. The zero-order chi connectivity index (χ0) is 23.8. The van der Waals surface area contributed by atoms with Gasteiger partial charge in [0.15, 0.2) is 5.76 Å². The summed E-state index contributed by atoms with van der Waals surface area (Å²) in [6, 6.07) is 20.6. The maximum atomic E-state index is 13.7. The number of aliphatic hydroxyl groups excluding tert-OH is 1. The van der Waals surface area contributed by atoms with E-state index in [1.165, 1.54) is 17.0 Å². The first-order chi connectivity index (χ1) is 15.7. The SMILES string of the molecule is CSc1ccc([C@H]2C(S(=O)(=O)c3ccc(C)cc3)=C(O)C(=O)N2Cc2ccc(C)cc2)cc1. The number of carbonyl (C=O) groups is 1. The van der Waals surface area contributed by atoms with Crippen LogP contribution in [0.25, 0.3) is 0 Å². The number of rotatable bonds is 6. The third kappa shape index (κ3) is 4.43. The molecule has 0 saturated heterocycles. The highest BCUT2D eigenvalue weighted by Gasteiger charge is 2.46. The molecule has 33 heavy (non-hydrogen) atoms. The Morgan fingerprint density at radius 1 is 0.879 bits per heavy atom. The first-order valence-corrected chi connectivity index (χ1v) is 13.2. The Labute approximate surface area is 198 Å². The van der Waals surface area contributed by atoms with Crippen LogP contribution in [0.1, 0.15) is 28.3 Å². The predicted molar refractivity (Wildman–Crippen MR) is 131 cm³/mol. The molecule has 0 saturated carbocycles. The van der Waals surface area contributed by atoms with Crippen molar-refractivity contribution in [3.8, 4) is 0 Å². The van der Waals surface area contributed by atoms with Crippen molar-refractivity contribution in [1.82, 2.24) is 4.90 Å². The summed E-state index contributed by atoms with van der Waals surface area (Å²) in [6.07, 6.45) is 1.96. The Kier molecular flexibility index (Phi) is 6.36. The summed E-state index contributed by atoms with van der Waals surface area (Å²) in [7, 11) is -4.12.